The molecule has 0 aliphatic rings. The molecule has 2 aromatic heterocycles. The van der Waals surface area contributed by atoms with E-state index in [-0.39, 0.29) is 5.69 Å². The molecule has 0 aliphatic carbocycles. The van der Waals surface area contributed by atoms with Crippen LogP contribution in [0.2, 0.25) is 0 Å². The molecular formula is C19H32N6O5. The average molecular weight is 425 g/mol. The lowest BCUT2D eigenvalue weighted by molar-refractivity contribution is -0.385. The van der Waals surface area contributed by atoms with Crippen molar-refractivity contribution >= 4 is 11.4 Å². The zero-order valence-corrected chi connectivity index (χ0v) is 18.2. The smallest absolute Gasteiger partial charge is 0.287 e. The van der Waals surface area contributed by atoms with E-state index in [0.29, 0.717) is 30.7 Å². The fourth-order valence-electron chi connectivity index (χ4n) is 1.71. The van der Waals surface area contributed by atoms with Gasteiger partial charge in [0.1, 0.15) is 19.4 Å². The first-order valence-corrected chi connectivity index (χ1v) is 9.09. The van der Waals surface area contributed by atoms with Crippen molar-refractivity contribution in [2.24, 2.45) is 0 Å². The van der Waals surface area contributed by atoms with Gasteiger partial charge in [-0.2, -0.15) is 0 Å². The van der Waals surface area contributed by atoms with Gasteiger partial charge in [0, 0.05) is 38.4 Å². The number of nitrogen functional groups attached to an aromatic ring is 1. The second-order valence-electron chi connectivity index (χ2n) is 6.34. The number of nitro groups is 1. The van der Waals surface area contributed by atoms with Gasteiger partial charge in [-0.1, -0.05) is 0 Å². The number of ether oxygens (including phenoxy) is 2. The van der Waals surface area contributed by atoms with Crippen LogP contribution in [0.1, 0.15) is 0 Å². The van der Waals surface area contributed by atoms with Crippen LogP contribution in [0.15, 0.2) is 36.7 Å². The molecule has 0 saturated heterocycles. The van der Waals surface area contributed by atoms with Crippen LogP contribution in [0.25, 0.3) is 0 Å². The van der Waals surface area contributed by atoms with E-state index >= 15 is 0 Å². The summed E-state index contributed by atoms with van der Waals surface area (Å²) in [7, 11) is 8.87. The second kappa shape index (κ2) is 15.9. The molecule has 2 rings (SSSR count). The highest BCUT2D eigenvalue weighted by molar-refractivity contribution is 5.35. The molecule has 0 fully saturated rings. The number of anilines is 1. The van der Waals surface area contributed by atoms with Crippen molar-refractivity contribution in [1.29, 1.82) is 0 Å². The van der Waals surface area contributed by atoms with Gasteiger partial charge in [0.25, 0.3) is 5.69 Å². The molecule has 0 bridgehead atoms. The Morgan fingerprint density at radius 1 is 0.933 bits per heavy atom. The van der Waals surface area contributed by atoms with Gasteiger partial charge in [-0.3, -0.25) is 10.1 Å². The van der Waals surface area contributed by atoms with Crippen LogP contribution >= 0.6 is 0 Å². The second-order valence-corrected chi connectivity index (χ2v) is 6.34. The van der Waals surface area contributed by atoms with Gasteiger partial charge in [0.15, 0.2) is 0 Å². The van der Waals surface area contributed by atoms with Crippen molar-refractivity contribution in [3.63, 3.8) is 0 Å². The van der Waals surface area contributed by atoms with Gasteiger partial charge < -0.3 is 30.1 Å². The molecule has 2 heterocycles. The SMILES string of the molecule is CN(C)CCOc1ccc(N)cn1.CN(C)CCOc1ccc([N+](=O)[O-])cn1.CO. The average Bonchev–Trinajstić information content (AvgIpc) is 2.71. The lowest BCUT2D eigenvalue weighted by Crippen LogP contribution is -2.19. The highest BCUT2D eigenvalue weighted by Crippen LogP contribution is 2.13. The predicted molar refractivity (Wildman–Crippen MR) is 116 cm³/mol. The highest BCUT2D eigenvalue weighted by Gasteiger charge is 2.05. The van der Waals surface area contributed by atoms with Crippen LogP contribution in [0.5, 0.6) is 11.8 Å². The number of nitrogens with zero attached hydrogens (tertiary/aromatic N) is 5. The van der Waals surface area contributed by atoms with E-state index in [1.165, 1.54) is 18.3 Å². The summed E-state index contributed by atoms with van der Waals surface area (Å²) in [5.74, 6) is 1.03. The third-order valence-electron chi connectivity index (χ3n) is 3.27. The fourth-order valence-corrected chi connectivity index (χ4v) is 1.71. The van der Waals surface area contributed by atoms with E-state index in [9.17, 15) is 10.1 Å². The van der Waals surface area contributed by atoms with Gasteiger partial charge in [0.05, 0.1) is 16.8 Å². The summed E-state index contributed by atoms with van der Waals surface area (Å²) < 4.78 is 10.6. The predicted octanol–water partition coefficient (Wildman–Crippen LogP) is 1.14. The van der Waals surface area contributed by atoms with Crippen molar-refractivity contribution in [3.8, 4) is 11.8 Å². The van der Waals surface area contributed by atoms with E-state index in [1.54, 1.807) is 18.3 Å². The quantitative estimate of drug-likeness (QED) is 0.445. The van der Waals surface area contributed by atoms with Crippen molar-refractivity contribution in [2.75, 3.05) is 67.3 Å². The van der Waals surface area contributed by atoms with E-state index in [1.807, 2.05) is 33.1 Å². The molecule has 11 nitrogen and oxygen atoms in total. The van der Waals surface area contributed by atoms with Crippen LogP contribution in [-0.2, 0) is 0 Å². The number of rotatable bonds is 9. The lowest BCUT2D eigenvalue weighted by Gasteiger charge is -2.09. The Balaban J connectivity index is 0.000000522. The van der Waals surface area contributed by atoms with Gasteiger partial charge in [-0.25, -0.2) is 9.97 Å². The zero-order chi connectivity index (χ0) is 22.9. The molecule has 0 radical (unpaired) electrons. The maximum absolute atomic E-state index is 10.3. The summed E-state index contributed by atoms with van der Waals surface area (Å²) in [5, 5.41) is 17.3. The van der Waals surface area contributed by atoms with Gasteiger partial charge in [0.2, 0.25) is 11.8 Å². The normalized spacial score (nSPS) is 9.87. The number of aromatic nitrogens is 2. The minimum absolute atomic E-state index is 0.0324. The summed E-state index contributed by atoms with van der Waals surface area (Å²) in [4.78, 5) is 21.7. The Kier molecular flexibility index (Phi) is 14.3. The minimum atomic E-state index is -0.489. The molecule has 0 atom stereocenters. The summed E-state index contributed by atoms with van der Waals surface area (Å²) in [6.45, 7) is 2.81. The number of pyridine rings is 2. The number of hydrogen-bond donors (Lipinski definition) is 2. The Morgan fingerprint density at radius 3 is 1.73 bits per heavy atom. The van der Waals surface area contributed by atoms with Crippen LogP contribution in [0.3, 0.4) is 0 Å². The molecule has 2 aromatic rings. The third kappa shape index (κ3) is 13.2. The number of aliphatic hydroxyl groups excluding tert-OH is 1. The Bertz CT molecular complexity index is 696. The summed E-state index contributed by atoms with van der Waals surface area (Å²) in [5.41, 5.74) is 6.10. The number of hydrogen-bond acceptors (Lipinski definition) is 10. The molecule has 0 aromatic carbocycles. The molecule has 0 aliphatic heterocycles. The highest BCUT2D eigenvalue weighted by atomic mass is 16.6. The molecule has 0 spiro atoms. The van der Waals surface area contributed by atoms with E-state index in [4.69, 9.17) is 20.3 Å². The van der Waals surface area contributed by atoms with Gasteiger partial charge in [-0.15, -0.1) is 0 Å². The maximum atomic E-state index is 10.3. The van der Waals surface area contributed by atoms with Crippen LogP contribution in [0, 0.1) is 10.1 Å². The van der Waals surface area contributed by atoms with Crippen LogP contribution in [0.4, 0.5) is 11.4 Å². The fraction of sp³-hybridized carbons (Fsp3) is 0.474. The number of nitrogens with two attached hydrogens (primary N) is 1. The van der Waals surface area contributed by atoms with Crippen molar-refractivity contribution in [3.05, 3.63) is 46.8 Å². The first kappa shape index (κ1) is 27.0. The van der Waals surface area contributed by atoms with Crippen LogP contribution in [-0.4, -0.2) is 91.4 Å². The van der Waals surface area contributed by atoms with Crippen molar-refractivity contribution in [2.45, 2.75) is 0 Å². The van der Waals surface area contributed by atoms with E-state index in [2.05, 4.69) is 14.9 Å². The molecule has 0 unspecified atom stereocenters. The van der Waals surface area contributed by atoms with Gasteiger partial charge >= 0.3 is 0 Å². The first-order chi connectivity index (χ1) is 14.3. The lowest BCUT2D eigenvalue weighted by atomic mass is 10.4. The summed E-state index contributed by atoms with van der Waals surface area (Å²) in [6, 6.07) is 6.41. The maximum Gasteiger partial charge on any atom is 0.287 e. The molecule has 0 amide bonds. The van der Waals surface area contributed by atoms with Crippen molar-refractivity contribution in [1.82, 2.24) is 19.8 Å². The van der Waals surface area contributed by atoms with Crippen molar-refractivity contribution < 1.29 is 19.5 Å². The largest absolute Gasteiger partial charge is 0.476 e. The molecule has 3 N–H and O–H groups in total. The van der Waals surface area contributed by atoms with Gasteiger partial charge in [-0.05, 0) is 34.3 Å². The monoisotopic (exact) mass is 424 g/mol. The van der Waals surface area contributed by atoms with E-state index < -0.39 is 4.92 Å². The first-order valence-electron chi connectivity index (χ1n) is 9.09. The number of aliphatic hydroxyl groups is 1. The Labute approximate surface area is 177 Å². The molecule has 30 heavy (non-hydrogen) atoms. The topological polar surface area (TPSA) is 140 Å². The molecule has 11 heteroatoms. The number of likely N-dealkylation sites (N-methyl/N-ethyl adjacent to an activating group) is 2. The third-order valence-corrected chi connectivity index (χ3v) is 3.27. The minimum Gasteiger partial charge on any atom is -0.476 e. The Hall–Kier alpha value is -3.02. The summed E-state index contributed by atoms with van der Waals surface area (Å²) >= 11 is 0. The molecular weight excluding hydrogens is 392 g/mol. The zero-order valence-electron chi connectivity index (χ0n) is 18.2. The Morgan fingerprint density at radius 2 is 1.40 bits per heavy atom. The van der Waals surface area contributed by atoms with Crippen LogP contribution < -0.4 is 15.2 Å². The molecule has 168 valence electrons. The van der Waals surface area contributed by atoms with E-state index in [0.717, 1.165) is 20.2 Å². The molecule has 0 saturated carbocycles. The summed E-state index contributed by atoms with van der Waals surface area (Å²) in [6.07, 6.45) is 2.77. The standard InChI is InChI=1S/C9H13N3O3.C9H15N3O.CH4O/c1-11(2)5-6-15-9-4-3-8(7-10-9)12(13)14;1-12(2)5-6-13-9-4-3-8(10)7-11-9;1-2/h3-4,7H,5-6H2,1-2H3;3-4,7H,5-6,10H2,1-2H3;2H,1H3.